The summed E-state index contributed by atoms with van der Waals surface area (Å²) in [6, 6.07) is 12.7. The molecule has 1 aliphatic rings. The van der Waals surface area contributed by atoms with Gasteiger partial charge >= 0.3 is 19.4 Å². The molecular formula is C26H33N4O9P. The minimum absolute atomic E-state index is 0.0229. The van der Waals surface area contributed by atoms with Gasteiger partial charge in [0.05, 0.1) is 12.2 Å². The van der Waals surface area contributed by atoms with Crippen LogP contribution in [0.3, 0.4) is 0 Å². The highest BCUT2D eigenvalue weighted by molar-refractivity contribution is 7.52. The lowest BCUT2D eigenvalue weighted by Gasteiger charge is -2.29. The molecule has 1 fully saturated rings. The number of benzene rings is 2. The minimum atomic E-state index is -4.38. The van der Waals surface area contributed by atoms with Crippen molar-refractivity contribution < 1.29 is 38.1 Å². The monoisotopic (exact) mass is 576 g/mol. The fourth-order valence-electron chi connectivity index (χ4n) is 4.31. The van der Waals surface area contributed by atoms with Crippen LogP contribution in [0.1, 0.15) is 33.9 Å². The van der Waals surface area contributed by atoms with Crippen molar-refractivity contribution in [3.63, 3.8) is 0 Å². The van der Waals surface area contributed by atoms with Gasteiger partial charge in [0.15, 0.2) is 6.23 Å². The van der Waals surface area contributed by atoms with E-state index in [1.807, 2.05) is 18.2 Å². The quantitative estimate of drug-likeness (QED) is 0.204. The molecule has 7 atom stereocenters. The Kier molecular flexibility index (Phi) is 8.93. The number of ether oxygens (including phenoxy) is 2. The average Bonchev–Trinajstić information content (AvgIpc) is 3.18. The number of aliphatic hydroxyl groups is 2. The van der Waals surface area contributed by atoms with Gasteiger partial charge in [0, 0.05) is 11.6 Å². The molecule has 1 aromatic heterocycles. The van der Waals surface area contributed by atoms with E-state index >= 15 is 0 Å². The summed E-state index contributed by atoms with van der Waals surface area (Å²) in [5, 5.41) is 25.5. The predicted molar refractivity (Wildman–Crippen MR) is 145 cm³/mol. The highest BCUT2D eigenvalue weighted by Gasteiger charge is 2.49. The normalized spacial score (nSPS) is 24.0. The largest absolute Gasteiger partial charge is 0.462 e. The van der Waals surface area contributed by atoms with Gasteiger partial charge in [-0.15, -0.1) is 0 Å². The minimum Gasteiger partial charge on any atom is -0.462 e. The van der Waals surface area contributed by atoms with Crippen LogP contribution in [0.15, 0.2) is 59.5 Å². The first-order chi connectivity index (χ1) is 18.9. The van der Waals surface area contributed by atoms with Gasteiger partial charge < -0.3 is 29.9 Å². The van der Waals surface area contributed by atoms with E-state index in [4.69, 9.17) is 24.3 Å². The van der Waals surface area contributed by atoms with Gasteiger partial charge in [-0.1, -0.05) is 36.4 Å². The second-order valence-corrected chi connectivity index (χ2v) is 11.4. The number of hydrogen-bond donors (Lipinski definition) is 4. The number of rotatable bonds is 10. The predicted octanol–water partition coefficient (Wildman–Crippen LogP) is 2.12. The number of carbonyl (C=O) groups is 1. The van der Waals surface area contributed by atoms with Gasteiger partial charge in [-0.3, -0.25) is 13.9 Å². The molecule has 0 aliphatic carbocycles. The standard InChI is InChI=1S/C26H33N4O9P/c1-14(2)36-25(33)15(3)29-40(35,39-19-11-7-9-17-8-5-6-10-18(17)19)38-16(4)23-21(31)22(32)24(37-23)30-13-12-20(27)28-26(30)34/h5-16,21-24,31-32H,1-4H3,(H,29,35)(H2,27,28,34)/t15?,16?,21?,22?,23-,24-,40?/m1/s1. The molecule has 4 rings (SSSR count). The van der Waals surface area contributed by atoms with Crippen LogP contribution in [0, 0.1) is 0 Å². The Hall–Kier alpha value is -3.32. The van der Waals surface area contributed by atoms with E-state index in [0.29, 0.717) is 5.39 Å². The van der Waals surface area contributed by atoms with Crippen LogP contribution in [0.25, 0.3) is 10.8 Å². The number of carbonyl (C=O) groups excluding carboxylic acids is 1. The van der Waals surface area contributed by atoms with E-state index in [0.717, 1.165) is 9.95 Å². The second-order valence-electron chi connectivity index (χ2n) is 9.73. The van der Waals surface area contributed by atoms with Gasteiger partial charge in [0.2, 0.25) is 0 Å². The Morgan fingerprint density at radius 1 is 1.10 bits per heavy atom. The lowest BCUT2D eigenvalue weighted by molar-refractivity contribution is -0.149. The van der Waals surface area contributed by atoms with Crippen molar-refractivity contribution >= 4 is 30.3 Å². The van der Waals surface area contributed by atoms with Crippen LogP contribution in [0.2, 0.25) is 0 Å². The summed E-state index contributed by atoms with van der Waals surface area (Å²) in [6.45, 7) is 6.25. The number of hydrogen-bond acceptors (Lipinski definition) is 11. The van der Waals surface area contributed by atoms with Crippen LogP contribution in [0.4, 0.5) is 5.82 Å². The van der Waals surface area contributed by atoms with Crippen LogP contribution in [-0.2, 0) is 23.4 Å². The van der Waals surface area contributed by atoms with Gasteiger partial charge in [-0.25, -0.2) is 9.36 Å². The molecule has 14 heteroatoms. The van der Waals surface area contributed by atoms with Crippen LogP contribution >= 0.6 is 7.75 Å². The van der Waals surface area contributed by atoms with Crippen molar-refractivity contribution in [1.82, 2.24) is 14.6 Å². The zero-order valence-corrected chi connectivity index (χ0v) is 23.3. The molecule has 5 N–H and O–H groups in total. The van der Waals surface area contributed by atoms with Crippen molar-refractivity contribution in [1.29, 1.82) is 0 Å². The van der Waals surface area contributed by atoms with E-state index in [1.54, 1.807) is 38.1 Å². The Morgan fingerprint density at radius 2 is 1.80 bits per heavy atom. The number of nitrogens with zero attached hydrogens (tertiary/aromatic N) is 2. The third-order valence-corrected chi connectivity index (χ3v) is 7.94. The van der Waals surface area contributed by atoms with Gasteiger partial charge in [0.25, 0.3) is 0 Å². The molecule has 0 spiro atoms. The summed E-state index contributed by atoms with van der Waals surface area (Å²) in [5.74, 6) is -0.489. The summed E-state index contributed by atoms with van der Waals surface area (Å²) < 4.78 is 37.9. The summed E-state index contributed by atoms with van der Waals surface area (Å²) in [7, 11) is -4.38. The van der Waals surface area contributed by atoms with Gasteiger partial charge in [0.1, 0.15) is 35.9 Å². The number of fused-ring (bicyclic) bond motifs is 1. The fourth-order valence-corrected chi connectivity index (χ4v) is 6.02. The van der Waals surface area contributed by atoms with E-state index in [-0.39, 0.29) is 11.6 Å². The maximum atomic E-state index is 14.2. The van der Waals surface area contributed by atoms with Crippen molar-refractivity contribution in [3.8, 4) is 5.75 Å². The van der Waals surface area contributed by atoms with Crippen molar-refractivity contribution in [2.45, 2.75) is 70.5 Å². The summed E-state index contributed by atoms with van der Waals surface area (Å²) in [5.41, 5.74) is 4.74. The number of anilines is 1. The summed E-state index contributed by atoms with van der Waals surface area (Å²) in [6.07, 6.45) is -5.98. The van der Waals surface area contributed by atoms with Crippen LogP contribution in [0.5, 0.6) is 5.75 Å². The summed E-state index contributed by atoms with van der Waals surface area (Å²) >= 11 is 0. The molecule has 3 aromatic rings. The molecule has 2 aromatic carbocycles. The lowest BCUT2D eigenvalue weighted by Crippen LogP contribution is -2.41. The molecule has 40 heavy (non-hydrogen) atoms. The number of nitrogens with one attached hydrogen (secondary N) is 1. The molecular weight excluding hydrogens is 543 g/mol. The third-order valence-electron chi connectivity index (χ3n) is 6.19. The molecule has 5 unspecified atom stereocenters. The van der Waals surface area contributed by atoms with Crippen molar-refractivity contribution in [2.75, 3.05) is 5.73 Å². The highest BCUT2D eigenvalue weighted by atomic mass is 31.2. The third kappa shape index (κ3) is 6.52. The smallest absolute Gasteiger partial charge is 0.459 e. The van der Waals surface area contributed by atoms with Crippen LogP contribution in [-0.4, -0.2) is 62.3 Å². The maximum Gasteiger partial charge on any atom is 0.459 e. The molecule has 216 valence electrons. The Balaban J connectivity index is 1.61. The second kappa shape index (κ2) is 12.0. The molecule has 2 heterocycles. The molecule has 0 radical (unpaired) electrons. The lowest BCUT2D eigenvalue weighted by atomic mass is 10.1. The number of nitrogen functional groups attached to an aromatic ring is 1. The van der Waals surface area contributed by atoms with Crippen LogP contribution < -0.4 is 21.0 Å². The average molecular weight is 577 g/mol. The molecule has 1 aliphatic heterocycles. The van der Waals surface area contributed by atoms with Crippen molar-refractivity contribution in [3.05, 3.63) is 65.2 Å². The number of nitrogens with two attached hydrogens (primary N) is 1. The van der Waals surface area contributed by atoms with Crippen molar-refractivity contribution in [2.24, 2.45) is 0 Å². The Morgan fingerprint density at radius 3 is 2.50 bits per heavy atom. The first-order valence-corrected chi connectivity index (χ1v) is 14.2. The number of esters is 1. The van der Waals surface area contributed by atoms with Gasteiger partial charge in [-0.2, -0.15) is 10.1 Å². The molecule has 13 nitrogen and oxygen atoms in total. The molecule has 1 saturated heterocycles. The first-order valence-electron chi connectivity index (χ1n) is 12.7. The highest BCUT2D eigenvalue weighted by Crippen LogP contribution is 2.49. The van der Waals surface area contributed by atoms with E-state index in [9.17, 15) is 24.4 Å². The number of aliphatic hydroxyl groups excluding tert-OH is 2. The van der Waals surface area contributed by atoms with Gasteiger partial charge in [-0.05, 0) is 45.2 Å². The first kappa shape index (κ1) is 29.7. The van der Waals surface area contributed by atoms with E-state index < -0.39 is 62.2 Å². The Bertz CT molecular complexity index is 1460. The SMILES string of the molecule is CC(C)OC(=O)C(C)NP(=O)(Oc1cccc2ccccc12)OC(C)[C@H]1O[C@@H](n2ccc(N)nc2=O)C(O)C1O. The molecule has 0 amide bonds. The fraction of sp³-hybridized carbons (Fsp3) is 0.423. The topological polar surface area (TPSA) is 184 Å². The molecule has 0 saturated carbocycles. The van der Waals surface area contributed by atoms with E-state index in [2.05, 4.69) is 10.1 Å². The molecule has 0 bridgehead atoms. The maximum absolute atomic E-state index is 14.2. The van der Waals surface area contributed by atoms with E-state index in [1.165, 1.54) is 26.1 Å². The number of aromatic nitrogens is 2. The zero-order valence-electron chi connectivity index (χ0n) is 22.4. The zero-order chi connectivity index (χ0) is 29.2. The summed E-state index contributed by atoms with van der Waals surface area (Å²) in [4.78, 5) is 28.4. The Labute approximate surface area is 230 Å².